The Morgan fingerprint density at radius 3 is 2.78 bits per heavy atom. The predicted octanol–water partition coefficient (Wildman–Crippen LogP) is 4.02. The molecule has 3 aromatic rings. The van der Waals surface area contributed by atoms with E-state index in [4.69, 9.17) is 27.9 Å². The summed E-state index contributed by atoms with van der Waals surface area (Å²) in [5.74, 6) is 0.617. The standard InChI is InChI=1S/C23H22Cl2N4O3/c1-29(13-21(31)26-10-15-4-3-5-19(8-15)32-2)12-17-7-6-16(9-18(17)14-30)22-20(24)11-27-23(25)28-22/h3-9,11,14H,10,12-13H2,1-2H3,(H,26,31). The maximum absolute atomic E-state index is 12.3. The second kappa shape index (κ2) is 11.0. The number of benzene rings is 2. The number of ether oxygens (including phenoxy) is 1. The van der Waals surface area contributed by atoms with Gasteiger partial charge in [-0.15, -0.1) is 0 Å². The number of rotatable bonds is 9. The largest absolute Gasteiger partial charge is 0.497 e. The molecule has 32 heavy (non-hydrogen) atoms. The third-order valence-corrected chi connectivity index (χ3v) is 5.20. The summed E-state index contributed by atoms with van der Waals surface area (Å²) in [4.78, 5) is 33.8. The fourth-order valence-electron chi connectivity index (χ4n) is 3.17. The van der Waals surface area contributed by atoms with Crippen molar-refractivity contribution >= 4 is 35.4 Å². The lowest BCUT2D eigenvalue weighted by Gasteiger charge is -2.18. The lowest BCUT2D eigenvalue weighted by atomic mass is 10.0. The van der Waals surface area contributed by atoms with Crippen LogP contribution in [-0.2, 0) is 17.9 Å². The summed E-state index contributed by atoms with van der Waals surface area (Å²) >= 11 is 12.0. The Morgan fingerprint density at radius 1 is 1.22 bits per heavy atom. The number of hydrogen-bond acceptors (Lipinski definition) is 6. The van der Waals surface area contributed by atoms with Crippen molar-refractivity contribution in [2.45, 2.75) is 13.1 Å². The van der Waals surface area contributed by atoms with Crippen LogP contribution in [0.1, 0.15) is 21.5 Å². The van der Waals surface area contributed by atoms with E-state index in [1.54, 1.807) is 13.2 Å². The first-order valence-electron chi connectivity index (χ1n) is 9.74. The van der Waals surface area contributed by atoms with Gasteiger partial charge in [0.25, 0.3) is 0 Å². The van der Waals surface area contributed by atoms with Gasteiger partial charge in [0.2, 0.25) is 11.2 Å². The first-order valence-corrected chi connectivity index (χ1v) is 10.5. The molecule has 0 aliphatic carbocycles. The van der Waals surface area contributed by atoms with E-state index in [1.165, 1.54) is 6.20 Å². The Bertz CT molecular complexity index is 1120. The SMILES string of the molecule is COc1cccc(CNC(=O)CN(C)Cc2ccc(-c3nc(Cl)ncc3Cl)cc2C=O)c1. The van der Waals surface area contributed by atoms with Gasteiger partial charge in [-0.05, 0) is 48.0 Å². The summed E-state index contributed by atoms with van der Waals surface area (Å²) in [7, 11) is 3.42. The average molecular weight is 473 g/mol. The van der Waals surface area contributed by atoms with E-state index in [2.05, 4.69) is 15.3 Å². The molecule has 0 radical (unpaired) electrons. The van der Waals surface area contributed by atoms with Crippen LogP contribution in [0.3, 0.4) is 0 Å². The summed E-state index contributed by atoms with van der Waals surface area (Å²) in [6.07, 6.45) is 2.19. The van der Waals surface area contributed by atoms with Gasteiger partial charge in [0.1, 0.15) is 12.0 Å². The predicted molar refractivity (Wildman–Crippen MR) is 124 cm³/mol. The van der Waals surface area contributed by atoms with Gasteiger partial charge in [-0.25, -0.2) is 9.97 Å². The molecule has 0 atom stereocenters. The molecule has 0 aliphatic rings. The highest BCUT2D eigenvalue weighted by atomic mass is 35.5. The van der Waals surface area contributed by atoms with Crippen LogP contribution in [0, 0.1) is 0 Å². The van der Waals surface area contributed by atoms with Gasteiger partial charge >= 0.3 is 0 Å². The number of carbonyl (C=O) groups excluding carboxylic acids is 2. The second-order valence-electron chi connectivity index (χ2n) is 7.17. The van der Waals surface area contributed by atoms with Crippen molar-refractivity contribution in [1.29, 1.82) is 0 Å². The average Bonchev–Trinajstić information content (AvgIpc) is 2.79. The van der Waals surface area contributed by atoms with E-state index >= 15 is 0 Å². The van der Waals surface area contributed by atoms with E-state index in [0.29, 0.717) is 34.9 Å². The van der Waals surface area contributed by atoms with Crippen LogP contribution in [0.15, 0.2) is 48.7 Å². The van der Waals surface area contributed by atoms with Crippen LogP contribution in [0.5, 0.6) is 5.75 Å². The van der Waals surface area contributed by atoms with Crippen molar-refractivity contribution in [3.05, 3.63) is 75.7 Å². The van der Waals surface area contributed by atoms with Crippen molar-refractivity contribution in [1.82, 2.24) is 20.2 Å². The lowest BCUT2D eigenvalue weighted by Crippen LogP contribution is -2.34. The zero-order valence-corrected chi connectivity index (χ0v) is 19.2. The van der Waals surface area contributed by atoms with E-state index in [1.807, 2.05) is 48.3 Å². The fraction of sp³-hybridized carbons (Fsp3) is 0.217. The molecule has 2 aromatic carbocycles. The van der Waals surface area contributed by atoms with Crippen LogP contribution in [0.2, 0.25) is 10.3 Å². The molecule has 0 saturated carbocycles. The molecule has 0 unspecified atom stereocenters. The maximum atomic E-state index is 12.3. The van der Waals surface area contributed by atoms with Gasteiger partial charge in [-0.2, -0.15) is 0 Å². The van der Waals surface area contributed by atoms with Crippen molar-refractivity contribution in [3.63, 3.8) is 0 Å². The van der Waals surface area contributed by atoms with Crippen LogP contribution in [0.25, 0.3) is 11.3 Å². The number of aldehydes is 1. The van der Waals surface area contributed by atoms with Crippen molar-refractivity contribution in [2.75, 3.05) is 20.7 Å². The van der Waals surface area contributed by atoms with Gasteiger partial charge in [0, 0.05) is 24.2 Å². The van der Waals surface area contributed by atoms with Gasteiger partial charge in [-0.3, -0.25) is 14.5 Å². The highest BCUT2D eigenvalue weighted by Gasteiger charge is 2.13. The molecule has 0 bridgehead atoms. The van der Waals surface area contributed by atoms with Crippen LogP contribution in [0.4, 0.5) is 0 Å². The number of halogens is 2. The van der Waals surface area contributed by atoms with Crippen molar-refractivity contribution in [3.8, 4) is 17.0 Å². The number of methoxy groups -OCH3 is 1. The third-order valence-electron chi connectivity index (χ3n) is 4.74. The number of nitrogens with zero attached hydrogens (tertiary/aromatic N) is 3. The van der Waals surface area contributed by atoms with Crippen molar-refractivity contribution in [2.24, 2.45) is 0 Å². The monoisotopic (exact) mass is 472 g/mol. The van der Waals surface area contributed by atoms with Gasteiger partial charge in [-0.1, -0.05) is 35.9 Å². The molecule has 0 aliphatic heterocycles. The highest BCUT2D eigenvalue weighted by Crippen LogP contribution is 2.28. The summed E-state index contributed by atoms with van der Waals surface area (Å²) in [6, 6.07) is 12.8. The summed E-state index contributed by atoms with van der Waals surface area (Å²) < 4.78 is 5.19. The van der Waals surface area contributed by atoms with E-state index in [-0.39, 0.29) is 17.7 Å². The smallest absolute Gasteiger partial charge is 0.234 e. The van der Waals surface area contributed by atoms with Crippen LogP contribution in [-0.4, -0.2) is 47.8 Å². The molecule has 0 spiro atoms. The number of hydrogen-bond donors (Lipinski definition) is 1. The summed E-state index contributed by atoms with van der Waals surface area (Å²) in [5, 5.41) is 3.30. The van der Waals surface area contributed by atoms with Crippen LogP contribution >= 0.6 is 23.2 Å². The molecular weight excluding hydrogens is 451 g/mol. The molecule has 0 saturated heterocycles. The summed E-state index contributed by atoms with van der Waals surface area (Å²) in [5.41, 5.74) is 3.32. The zero-order chi connectivity index (χ0) is 23.1. The molecule has 1 N–H and O–H groups in total. The normalized spacial score (nSPS) is 10.8. The number of aromatic nitrogens is 2. The minimum absolute atomic E-state index is 0.0702. The molecule has 3 rings (SSSR count). The third kappa shape index (κ3) is 6.26. The lowest BCUT2D eigenvalue weighted by molar-refractivity contribution is -0.122. The van der Waals surface area contributed by atoms with E-state index in [0.717, 1.165) is 23.2 Å². The van der Waals surface area contributed by atoms with E-state index in [9.17, 15) is 9.59 Å². The van der Waals surface area contributed by atoms with E-state index < -0.39 is 0 Å². The number of amides is 1. The first kappa shape index (κ1) is 23.7. The maximum Gasteiger partial charge on any atom is 0.234 e. The molecule has 1 heterocycles. The molecular formula is C23H22Cl2N4O3. The minimum atomic E-state index is -0.123. The fourth-order valence-corrected chi connectivity index (χ4v) is 3.51. The van der Waals surface area contributed by atoms with Gasteiger partial charge < -0.3 is 10.1 Å². The Hall–Kier alpha value is -3.00. The zero-order valence-electron chi connectivity index (χ0n) is 17.6. The van der Waals surface area contributed by atoms with Gasteiger partial charge in [0.05, 0.1) is 30.6 Å². The Morgan fingerprint density at radius 2 is 2.03 bits per heavy atom. The number of nitrogens with one attached hydrogen (secondary N) is 1. The molecule has 0 fully saturated rings. The summed E-state index contributed by atoms with van der Waals surface area (Å²) in [6.45, 7) is 0.997. The molecule has 1 aromatic heterocycles. The second-order valence-corrected chi connectivity index (χ2v) is 7.91. The Kier molecular flexibility index (Phi) is 8.16. The first-order chi connectivity index (χ1) is 15.4. The van der Waals surface area contributed by atoms with Crippen LogP contribution < -0.4 is 10.1 Å². The highest BCUT2D eigenvalue weighted by molar-refractivity contribution is 6.33. The topological polar surface area (TPSA) is 84.4 Å². The number of likely N-dealkylation sites (N-methyl/N-ethyl adjacent to an activating group) is 1. The minimum Gasteiger partial charge on any atom is -0.497 e. The van der Waals surface area contributed by atoms with Crippen molar-refractivity contribution < 1.29 is 14.3 Å². The molecule has 166 valence electrons. The Balaban J connectivity index is 1.62. The van der Waals surface area contributed by atoms with Gasteiger partial charge in [0.15, 0.2) is 0 Å². The molecule has 7 nitrogen and oxygen atoms in total. The Labute approximate surface area is 196 Å². The quantitative estimate of drug-likeness (QED) is 0.373. The molecule has 1 amide bonds. The number of carbonyl (C=O) groups is 2. The molecule has 9 heteroatoms.